The van der Waals surface area contributed by atoms with Gasteiger partial charge in [0.2, 0.25) is 0 Å². The van der Waals surface area contributed by atoms with Crippen molar-refractivity contribution in [1.82, 2.24) is 0 Å². The molecule has 0 spiro atoms. The quantitative estimate of drug-likeness (QED) is 0.446. The number of fused-ring (bicyclic) bond motifs is 1. The van der Waals surface area contributed by atoms with E-state index in [0.717, 1.165) is 0 Å². The first-order chi connectivity index (χ1) is 12.0. The number of nitrogens with one attached hydrogen (secondary N) is 1. The van der Waals surface area contributed by atoms with Gasteiger partial charge in [-0.1, -0.05) is 13.8 Å². The van der Waals surface area contributed by atoms with E-state index in [1.165, 1.54) is 26.4 Å². The van der Waals surface area contributed by atoms with E-state index in [-0.39, 0.29) is 24.2 Å². The Morgan fingerprint density at radius 3 is 2.48 bits per heavy atom. The molecular weight excluding hydrogens is 328 g/mol. The van der Waals surface area contributed by atoms with Gasteiger partial charge in [-0.05, 0) is 23.4 Å². The summed E-state index contributed by atoms with van der Waals surface area (Å²) in [7, 11) is 2.88. The van der Waals surface area contributed by atoms with Crippen LogP contribution in [-0.4, -0.2) is 25.4 Å². The van der Waals surface area contributed by atoms with E-state index >= 15 is 0 Å². The predicted molar refractivity (Wildman–Crippen MR) is 92.6 cm³/mol. The molecule has 2 aromatic rings. The van der Waals surface area contributed by atoms with Crippen LogP contribution in [0.4, 0.5) is 11.4 Å². The summed E-state index contributed by atoms with van der Waals surface area (Å²) in [4.78, 5) is 23.0. The average molecular weight is 348 g/mol. The second kappa shape index (κ2) is 7.80. The molecule has 0 radical (unpaired) electrons. The molecule has 0 saturated heterocycles. The molecule has 25 heavy (non-hydrogen) atoms. The van der Waals surface area contributed by atoms with E-state index in [1.54, 1.807) is 19.9 Å². The number of benzene rings is 2. The van der Waals surface area contributed by atoms with Crippen LogP contribution in [0.1, 0.15) is 19.4 Å². The zero-order valence-corrected chi connectivity index (χ0v) is 14.5. The number of esters is 1. The minimum Gasteiger partial charge on any atom is -0.496 e. The fraction of sp³-hybridized carbons (Fsp3) is 0.353. The highest BCUT2D eigenvalue weighted by Crippen LogP contribution is 2.45. The first-order valence-corrected chi connectivity index (χ1v) is 7.59. The summed E-state index contributed by atoms with van der Waals surface area (Å²) in [6.45, 7) is 3.41. The molecule has 2 aromatic carbocycles. The molecule has 8 heteroatoms. The summed E-state index contributed by atoms with van der Waals surface area (Å²) < 4.78 is 16.1. The summed E-state index contributed by atoms with van der Waals surface area (Å²) in [5.74, 6) is 0.0545. The molecule has 2 rings (SSSR count). The van der Waals surface area contributed by atoms with Crippen molar-refractivity contribution in [1.29, 1.82) is 0 Å². The van der Waals surface area contributed by atoms with Crippen molar-refractivity contribution >= 4 is 28.1 Å². The van der Waals surface area contributed by atoms with Crippen molar-refractivity contribution in [3.05, 3.63) is 28.7 Å². The van der Waals surface area contributed by atoms with Crippen LogP contribution >= 0.6 is 0 Å². The van der Waals surface area contributed by atoms with Gasteiger partial charge in [-0.2, -0.15) is 0 Å². The lowest BCUT2D eigenvalue weighted by molar-refractivity contribution is -0.148. The standard InChI is InChI=1S/C17H20N2O6/c1-9(2)17(20)25-8-10-7-13(23-3)14-11(18-21)5-6-12(19-22)15(14)16(10)24-4/h5-7,9,18,21H,8H2,1-4H3. The molecule has 0 heterocycles. The van der Waals surface area contributed by atoms with Gasteiger partial charge in [0.1, 0.15) is 23.8 Å². The Bertz CT molecular complexity index is 804. The van der Waals surface area contributed by atoms with Gasteiger partial charge in [-0.3, -0.25) is 15.5 Å². The van der Waals surface area contributed by atoms with Crippen LogP contribution in [0.25, 0.3) is 10.8 Å². The fourth-order valence-electron chi connectivity index (χ4n) is 2.52. The van der Waals surface area contributed by atoms with Gasteiger partial charge in [0.15, 0.2) is 0 Å². The van der Waals surface area contributed by atoms with Crippen molar-refractivity contribution in [3.8, 4) is 11.5 Å². The third-order valence-electron chi connectivity index (χ3n) is 3.74. The van der Waals surface area contributed by atoms with Gasteiger partial charge < -0.3 is 14.2 Å². The lowest BCUT2D eigenvalue weighted by atomic mass is 10.0. The molecule has 0 bridgehead atoms. The van der Waals surface area contributed by atoms with E-state index < -0.39 is 0 Å². The molecule has 2 N–H and O–H groups in total. The minimum atomic E-state index is -0.361. The maximum absolute atomic E-state index is 11.8. The Balaban J connectivity index is 2.72. The number of nitrogens with zero attached hydrogens (tertiary/aromatic N) is 1. The van der Waals surface area contributed by atoms with E-state index in [9.17, 15) is 14.9 Å². The largest absolute Gasteiger partial charge is 0.496 e. The first-order valence-electron chi connectivity index (χ1n) is 7.59. The Hall–Kier alpha value is -2.87. The van der Waals surface area contributed by atoms with Crippen LogP contribution < -0.4 is 15.0 Å². The molecule has 0 unspecified atom stereocenters. The number of rotatable bonds is 7. The highest BCUT2D eigenvalue weighted by Gasteiger charge is 2.21. The molecule has 0 fully saturated rings. The number of hydrogen-bond acceptors (Lipinski definition) is 8. The average Bonchev–Trinajstić information content (AvgIpc) is 2.63. The molecule has 0 aliphatic carbocycles. The van der Waals surface area contributed by atoms with Gasteiger partial charge in [0.05, 0.1) is 36.6 Å². The topological polar surface area (TPSA) is 106 Å². The Morgan fingerprint density at radius 1 is 1.24 bits per heavy atom. The van der Waals surface area contributed by atoms with Crippen molar-refractivity contribution in [2.75, 3.05) is 19.7 Å². The smallest absolute Gasteiger partial charge is 0.308 e. The van der Waals surface area contributed by atoms with Crippen molar-refractivity contribution < 1.29 is 24.2 Å². The van der Waals surface area contributed by atoms with Crippen LogP contribution in [0.15, 0.2) is 23.4 Å². The molecule has 134 valence electrons. The number of nitroso groups, excluding NO2 is 1. The van der Waals surface area contributed by atoms with Gasteiger partial charge in [-0.25, -0.2) is 0 Å². The zero-order chi connectivity index (χ0) is 18.6. The van der Waals surface area contributed by atoms with E-state index in [1.807, 2.05) is 0 Å². The Labute approximate surface area is 144 Å². The van der Waals surface area contributed by atoms with Crippen LogP contribution in [0.3, 0.4) is 0 Å². The number of hydrogen-bond donors (Lipinski definition) is 2. The maximum Gasteiger partial charge on any atom is 0.308 e. The second-order valence-corrected chi connectivity index (χ2v) is 5.62. The maximum atomic E-state index is 11.8. The molecule has 0 atom stereocenters. The van der Waals surface area contributed by atoms with Crippen LogP contribution in [0.5, 0.6) is 11.5 Å². The third-order valence-corrected chi connectivity index (χ3v) is 3.74. The molecule has 0 amide bonds. The van der Waals surface area contributed by atoms with Gasteiger partial charge >= 0.3 is 5.97 Å². The number of carbonyl (C=O) groups is 1. The minimum absolute atomic E-state index is 0.0540. The molecule has 0 aliphatic heterocycles. The van der Waals surface area contributed by atoms with Crippen molar-refractivity contribution in [3.63, 3.8) is 0 Å². The van der Waals surface area contributed by atoms with E-state index in [0.29, 0.717) is 33.5 Å². The number of methoxy groups -OCH3 is 2. The Morgan fingerprint density at radius 2 is 1.96 bits per heavy atom. The van der Waals surface area contributed by atoms with Crippen LogP contribution in [0.2, 0.25) is 0 Å². The number of anilines is 1. The lowest BCUT2D eigenvalue weighted by Gasteiger charge is -2.18. The van der Waals surface area contributed by atoms with Crippen LogP contribution in [-0.2, 0) is 16.1 Å². The molecule has 0 aliphatic rings. The summed E-state index contributed by atoms with van der Waals surface area (Å²) in [6.07, 6.45) is 0. The van der Waals surface area contributed by atoms with Crippen molar-refractivity contribution in [2.45, 2.75) is 20.5 Å². The summed E-state index contributed by atoms with van der Waals surface area (Å²) in [6, 6.07) is 4.57. The monoisotopic (exact) mass is 348 g/mol. The molecular formula is C17H20N2O6. The summed E-state index contributed by atoms with van der Waals surface area (Å²) in [5, 5.41) is 13.2. The Kier molecular flexibility index (Phi) is 5.76. The highest BCUT2D eigenvalue weighted by atomic mass is 16.5. The van der Waals surface area contributed by atoms with E-state index in [4.69, 9.17) is 14.2 Å². The number of ether oxygens (including phenoxy) is 3. The highest BCUT2D eigenvalue weighted by molar-refractivity contribution is 6.08. The fourth-order valence-corrected chi connectivity index (χ4v) is 2.52. The van der Waals surface area contributed by atoms with Crippen LogP contribution in [0, 0.1) is 10.8 Å². The lowest BCUT2D eigenvalue weighted by Crippen LogP contribution is -2.12. The van der Waals surface area contributed by atoms with Gasteiger partial charge in [0.25, 0.3) is 0 Å². The predicted octanol–water partition coefficient (Wildman–Crippen LogP) is 3.76. The van der Waals surface area contributed by atoms with Gasteiger partial charge in [0, 0.05) is 5.56 Å². The number of carbonyl (C=O) groups excluding carboxylic acids is 1. The zero-order valence-electron chi connectivity index (χ0n) is 14.5. The first kappa shape index (κ1) is 18.5. The SMILES string of the molecule is COc1cc(COC(=O)C(C)C)c(OC)c2c(N=O)ccc(NO)c12. The van der Waals surface area contributed by atoms with Gasteiger partial charge in [-0.15, -0.1) is 4.91 Å². The normalized spacial score (nSPS) is 10.6. The third kappa shape index (κ3) is 3.48. The molecule has 0 aromatic heterocycles. The summed E-state index contributed by atoms with van der Waals surface area (Å²) in [5.41, 5.74) is 3.02. The van der Waals surface area contributed by atoms with Crippen molar-refractivity contribution in [2.24, 2.45) is 11.1 Å². The van der Waals surface area contributed by atoms with E-state index in [2.05, 4.69) is 10.7 Å². The summed E-state index contributed by atoms with van der Waals surface area (Å²) >= 11 is 0. The second-order valence-electron chi connectivity index (χ2n) is 5.62. The molecule has 8 nitrogen and oxygen atoms in total. The molecule has 0 saturated carbocycles.